The first kappa shape index (κ1) is 11.3. The molecule has 0 heterocycles. The molecule has 0 spiro atoms. The molecule has 0 fully saturated rings. The van der Waals surface area contributed by atoms with E-state index in [0.29, 0.717) is 21.8 Å². The van der Waals surface area contributed by atoms with Gasteiger partial charge in [-0.25, -0.2) is 4.39 Å². The fourth-order valence-corrected chi connectivity index (χ4v) is 1.39. The van der Waals surface area contributed by atoms with Crippen molar-refractivity contribution in [1.29, 1.82) is 0 Å². The van der Waals surface area contributed by atoms with Crippen LogP contribution in [0.15, 0.2) is 16.6 Å². The Balaban J connectivity index is 2.82. The standard InChI is InChI=1S/C10H14BrFN2/c1-6(2)5-14-10-4-8(12)7(11)3-9(10)13/h3-4,6,14H,5,13H2,1-2H3. The van der Waals surface area contributed by atoms with E-state index in [0.717, 1.165) is 6.54 Å². The molecule has 1 rings (SSSR count). The predicted molar refractivity (Wildman–Crippen MR) is 61.8 cm³/mol. The van der Waals surface area contributed by atoms with Gasteiger partial charge in [0, 0.05) is 12.6 Å². The lowest BCUT2D eigenvalue weighted by Gasteiger charge is -2.11. The average molecular weight is 261 g/mol. The molecule has 1 aromatic rings. The van der Waals surface area contributed by atoms with Gasteiger partial charge >= 0.3 is 0 Å². The number of rotatable bonds is 3. The Morgan fingerprint density at radius 3 is 2.71 bits per heavy atom. The number of nitrogens with two attached hydrogens (primary N) is 1. The second-order valence-electron chi connectivity index (χ2n) is 3.63. The molecule has 4 heteroatoms. The van der Waals surface area contributed by atoms with E-state index in [-0.39, 0.29) is 5.82 Å². The molecule has 0 saturated heterocycles. The third kappa shape index (κ3) is 2.87. The fourth-order valence-electron chi connectivity index (χ4n) is 1.03. The van der Waals surface area contributed by atoms with E-state index in [9.17, 15) is 4.39 Å². The van der Waals surface area contributed by atoms with Gasteiger partial charge < -0.3 is 11.1 Å². The van der Waals surface area contributed by atoms with Crippen molar-refractivity contribution < 1.29 is 4.39 Å². The average Bonchev–Trinajstić information content (AvgIpc) is 2.09. The molecular weight excluding hydrogens is 247 g/mol. The maximum Gasteiger partial charge on any atom is 0.139 e. The molecule has 3 N–H and O–H groups in total. The highest BCUT2D eigenvalue weighted by molar-refractivity contribution is 9.10. The summed E-state index contributed by atoms with van der Waals surface area (Å²) in [5.74, 6) is 0.201. The van der Waals surface area contributed by atoms with E-state index in [1.54, 1.807) is 6.07 Å². The van der Waals surface area contributed by atoms with Crippen molar-refractivity contribution in [3.8, 4) is 0 Å². The Kier molecular flexibility index (Phi) is 3.75. The largest absolute Gasteiger partial charge is 0.397 e. The first-order chi connectivity index (χ1) is 6.50. The van der Waals surface area contributed by atoms with Gasteiger partial charge in [-0.15, -0.1) is 0 Å². The van der Waals surface area contributed by atoms with Crippen molar-refractivity contribution in [2.75, 3.05) is 17.6 Å². The molecule has 0 aliphatic heterocycles. The molecule has 0 aromatic heterocycles. The monoisotopic (exact) mass is 260 g/mol. The van der Waals surface area contributed by atoms with Gasteiger partial charge in [-0.05, 0) is 27.9 Å². The van der Waals surface area contributed by atoms with Gasteiger partial charge in [0.2, 0.25) is 0 Å². The molecule has 0 atom stereocenters. The number of nitrogen functional groups attached to an aromatic ring is 1. The van der Waals surface area contributed by atoms with Crippen molar-refractivity contribution in [2.45, 2.75) is 13.8 Å². The molecule has 2 nitrogen and oxygen atoms in total. The zero-order valence-electron chi connectivity index (χ0n) is 8.27. The number of halogens is 2. The summed E-state index contributed by atoms with van der Waals surface area (Å²) in [7, 11) is 0. The van der Waals surface area contributed by atoms with Crippen LogP contribution in [0.2, 0.25) is 0 Å². The molecule has 0 aliphatic carbocycles. The number of anilines is 2. The van der Waals surface area contributed by atoms with E-state index in [4.69, 9.17) is 5.73 Å². The summed E-state index contributed by atoms with van der Waals surface area (Å²) in [6.45, 7) is 4.95. The van der Waals surface area contributed by atoms with Crippen LogP contribution in [0.3, 0.4) is 0 Å². The summed E-state index contributed by atoms with van der Waals surface area (Å²) in [4.78, 5) is 0. The van der Waals surface area contributed by atoms with E-state index < -0.39 is 0 Å². The fraction of sp³-hybridized carbons (Fsp3) is 0.400. The van der Waals surface area contributed by atoms with Gasteiger partial charge in [0.1, 0.15) is 5.82 Å². The van der Waals surface area contributed by atoms with Crippen LogP contribution in [0.1, 0.15) is 13.8 Å². The van der Waals surface area contributed by atoms with Crippen LogP contribution < -0.4 is 11.1 Å². The van der Waals surface area contributed by atoms with Gasteiger partial charge in [-0.1, -0.05) is 13.8 Å². The zero-order valence-corrected chi connectivity index (χ0v) is 9.86. The van der Waals surface area contributed by atoms with Gasteiger partial charge in [0.25, 0.3) is 0 Å². The van der Waals surface area contributed by atoms with Crippen LogP contribution >= 0.6 is 15.9 Å². The predicted octanol–water partition coefficient (Wildman–Crippen LogP) is 3.24. The molecular formula is C10H14BrFN2. The molecule has 1 aromatic carbocycles. The van der Waals surface area contributed by atoms with E-state index in [1.807, 2.05) is 0 Å². The number of nitrogens with one attached hydrogen (secondary N) is 1. The lowest BCUT2D eigenvalue weighted by atomic mass is 10.2. The van der Waals surface area contributed by atoms with Crippen molar-refractivity contribution >= 4 is 27.3 Å². The summed E-state index contributed by atoms with van der Waals surface area (Å²) in [5, 5.41) is 3.09. The molecule has 0 amide bonds. The third-order valence-electron chi connectivity index (χ3n) is 1.79. The van der Waals surface area contributed by atoms with Gasteiger partial charge in [0.15, 0.2) is 0 Å². The third-order valence-corrected chi connectivity index (χ3v) is 2.40. The molecule has 0 saturated carbocycles. The Morgan fingerprint density at radius 1 is 1.50 bits per heavy atom. The maximum atomic E-state index is 13.1. The van der Waals surface area contributed by atoms with Gasteiger partial charge in [-0.3, -0.25) is 0 Å². The van der Waals surface area contributed by atoms with Crippen LogP contribution in [0.25, 0.3) is 0 Å². The van der Waals surface area contributed by atoms with Crippen molar-refractivity contribution in [3.63, 3.8) is 0 Å². The Bertz CT molecular complexity index is 326. The highest BCUT2D eigenvalue weighted by Crippen LogP contribution is 2.26. The number of hydrogen-bond donors (Lipinski definition) is 2. The summed E-state index contributed by atoms with van der Waals surface area (Å²) in [6, 6.07) is 2.97. The Labute approximate surface area is 91.8 Å². The maximum absolute atomic E-state index is 13.1. The first-order valence-electron chi connectivity index (χ1n) is 4.49. The Hall–Kier alpha value is -0.770. The second kappa shape index (κ2) is 4.64. The normalized spacial score (nSPS) is 10.6. The highest BCUT2D eigenvalue weighted by atomic mass is 79.9. The number of hydrogen-bond acceptors (Lipinski definition) is 2. The topological polar surface area (TPSA) is 38.0 Å². The van der Waals surface area contributed by atoms with Crippen LogP contribution in [-0.2, 0) is 0 Å². The molecule has 0 aliphatic rings. The Morgan fingerprint density at radius 2 is 2.14 bits per heavy atom. The minimum absolute atomic E-state index is 0.301. The van der Waals surface area contributed by atoms with Crippen molar-refractivity contribution in [1.82, 2.24) is 0 Å². The van der Waals surface area contributed by atoms with Crippen LogP contribution in [0, 0.1) is 11.7 Å². The van der Waals surface area contributed by atoms with E-state index in [2.05, 4.69) is 35.1 Å². The van der Waals surface area contributed by atoms with Gasteiger partial charge in [-0.2, -0.15) is 0 Å². The van der Waals surface area contributed by atoms with Crippen molar-refractivity contribution in [3.05, 3.63) is 22.4 Å². The molecule has 0 bridgehead atoms. The molecule has 78 valence electrons. The lowest BCUT2D eigenvalue weighted by Crippen LogP contribution is -2.09. The quantitative estimate of drug-likeness (QED) is 0.820. The van der Waals surface area contributed by atoms with Crippen molar-refractivity contribution in [2.24, 2.45) is 5.92 Å². The van der Waals surface area contributed by atoms with Crippen LogP contribution in [-0.4, -0.2) is 6.54 Å². The summed E-state index contributed by atoms with van der Waals surface area (Å²) >= 11 is 3.08. The second-order valence-corrected chi connectivity index (χ2v) is 4.48. The minimum Gasteiger partial charge on any atom is -0.397 e. The highest BCUT2D eigenvalue weighted by Gasteiger charge is 2.05. The lowest BCUT2D eigenvalue weighted by molar-refractivity contribution is 0.621. The van der Waals surface area contributed by atoms with E-state index in [1.165, 1.54) is 6.07 Å². The zero-order chi connectivity index (χ0) is 10.7. The minimum atomic E-state index is -0.301. The van der Waals surface area contributed by atoms with Gasteiger partial charge in [0.05, 0.1) is 15.8 Å². The van der Waals surface area contributed by atoms with Crippen LogP contribution in [0.5, 0.6) is 0 Å². The number of benzene rings is 1. The van der Waals surface area contributed by atoms with Crippen LogP contribution in [0.4, 0.5) is 15.8 Å². The molecule has 0 unspecified atom stereocenters. The molecule has 14 heavy (non-hydrogen) atoms. The van der Waals surface area contributed by atoms with E-state index >= 15 is 0 Å². The summed E-state index contributed by atoms with van der Waals surface area (Å²) in [5.41, 5.74) is 6.92. The summed E-state index contributed by atoms with van der Waals surface area (Å²) in [6.07, 6.45) is 0. The first-order valence-corrected chi connectivity index (χ1v) is 5.28. The smallest absolute Gasteiger partial charge is 0.139 e. The SMILES string of the molecule is CC(C)CNc1cc(F)c(Br)cc1N. The molecule has 0 radical (unpaired) electrons. The summed E-state index contributed by atoms with van der Waals surface area (Å²) < 4.78 is 13.5.